The molecule has 4 rings (SSSR count). The van der Waals surface area contributed by atoms with Crippen LogP contribution in [0.15, 0.2) is 71.8 Å². The molecule has 6 nitrogen and oxygen atoms in total. The van der Waals surface area contributed by atoms with Gasteiger partial charge in [-0.3, -0.25) is 4.79 Å². The molecule has 6 heteroatoms. The highest BCUT2D eigenvalue weighted by Crippen LogP contribution is 2.28. The fraction of sp³-hybridized carbons (Fsp3) is 0.0909. The molecular weight excluding hydrogens is 354 g/mol. The zero-order valence-electron chi connectivity index (χ0n) is 15.0. The Labute approximate surface area is 162 Å². The Bertz CT molecular complexity index is 1040. The molecule has 0 aliphatic carbocycles. The molecule has 0 radical (unpaired) electrons. The summed E-state index contributed by atoms with van der Waals surface area (Å²) in [7, 11) is 0. The van der Waals surface area contributed by atoms with E-state index in [1.54, 1.807) is 6.07 Å². The zero-order valence-corrected chi connectivity index (χ0v) is 15.0. The smallest absolute Gasteiger partial charge is 0.271 e. The summed E-state index contributed by atoms with van der Waals surface area (Å²) in [5.74, 6) is -0.499. The average molecular weight is 373 g/mol. The molecule has 3 aromatic carbocycles. The van der Waals surface area contributed by atoms with Gasteiger partial charge >= 0.3 is 0 Å². The van der Waals surface area contributed by atoms with Gasteiger partial charge in [0.15, 0.2) is 0 Å². The summed E-state index contributed by atoms with van der Waals surface area (Å²) in [5, 5.41) is 22.9. The Balaban J connectivity index is 1.44. The topological polar surface area (TPSA) is 85.2 Å². The van der Waals surface area contributed by atoms with E-state index in [-0.39, 0.29) is 17.4 Å². The predicted octanol–water partition coefficient (Wildman–Crippen LogP) is 3.38. The van der Waals surface area contributed by atoms with Crippen molar-refractivity contribution in [1.29, 1.82) is 0 Å². The predicted molar refractivity (Wildman–Crippen MR) is 108 cm³/mol. The van der Waals surface area contributed by atoms with Gasteiger partial charge in [0.25, 0.3) is 5.91 Å². The number of anilines is 1. The number of nitrogens with zero attached hydrogens (tertiary/aromatic N) is 2. The molecule has 3 aromatic rings. The monoisotopic (exact) mass is 373 g/mol. The first-order valence-corrected chi connectivity index (χ1v) is 8.87. The molecule has 0 spiro atoms. The van der Waals surface area contributed by atoms with Gasteiger partial charge in [0.1, 0.15) is 11.5 Å². The number of rotatable bonds is 4. The molecule has 0 fully saturated rings. The van der Waals surface area contributed by atoms with Crippen molar-refractivity contribution in [3.8, 4) is 11.5 Å². The molecule has 0 bridgehead atoms. The van der Waals surface area contributed by atoms with Gasteiger partial charge in [0.05, 0.1) is 6.21 Å². The molecule has 0 saturated heterocycles. The van der Waals surface area contributed by atoms with Crippen LogP contribution in [-0.2, 0) is 13.1 Å². The van der Waals surface area contributed by atoms with Crippen LogP contribution in [0.5, 0.6) is 11.5 Å². The molecule has 1 aliphatic rings. The Kier molecular flexibility index (Phi) is 4.68. The summed E-state index contributed by atoms with van der Waals surface area (Å²) in [4.78, 5) is 14.6. The number of hydrogen-bond donors (Lipinski definition) is 3. The number of aromatic hydroxyl groups is 2. The summed E-state index contributed by atoms with van der Waals surface area (Å²) >= 11 is 0. The number of phenols is 2. The van der Waals surface area contributed by atoms with Gasteiger partial charge in [0.2, 0.25) is 0 Å². The second-order valence-electron chi connectivity index (χ2n) is 6.62. The van der Waals surface area contributed by atoms with Crippen molar-refractivity contribution in [2.75, 3.05) is 4.90 Å². The molecule has 140 valence electrons. The van der Waals surface area contributed by atoms with Crippen molar-refractivity contribution in [3.63, 3.8) is 0 Å². The Morgan fingerprint density at radius 3 is 2.43 bits per heavy atom. The number of hydrazone groups is 1. The molecule has 0 saturated carbocycles. The summed E-state index contributed by atoms with van der Waals surface area (Å²) in [6.07, 6.45) is 1.33. The first kappa shape index (κ1) is 17.6. The zero-order chi connectivity index (χ0) is 19.5. The van der Waals surface area contributed by atoms with Crippen LogP contribution in [0, 0.1) is 0 Å². The van der Waals surface area contributed by atoms with Crippen LogP contribution in [-0.4, -0.2) is 22.3 Å². The highest BCUT2D eigenvalue weighted by molar-refractivity contribution is 5.96. The van der Waals surface area contributed by atoms with Crippen LogP contribution >= 0.6 is 0 Å². The maximum atomic E-state index is 12.4. The van der Waals surface area contributed by atoms with E-state index in [0.717, 1.165) is 18.8 Å². The number of amides is 1. The van der Waals surface area contributed by atoms with Gasteiger partial charge in [-0.15, -0.1) is 0 Å². The lowest BCUT2D eigenvalue weighted by atomic mass is 10.1. The molecule has 3 N–H and O–H groups in total. The Hall–Kier alpha value is -3.80. The second-order valence-corrected chi connectivity index (χ2v) is 6.62. The van der Waals surface area contributed by atoms with E-state index in [0.29, 0.717) is 11.1 Å². The van der Waals surface area contributed by atoms with Gasteiger partial charge in [-0.25, -0.2) is 5.43 Å². The third kappa shape index (κ3) is 3.66. The minimum absolute atomic E-state index is 0.0421. The summed E-state index contributed by atoms with van der Waals surface area (Å²) in [6.45, 7) is 1.64. The molecule has 1 amide bonds. The van der Waals surface area contributed by atoms with E-state index in [1.165, 1.54) is 35.5 Å². The number of carbonyl (C=O) groups excluding carboxylic acids is 1. The van der Waals surface area contributed by atoms with E-state index in [4.69, 9.17) is 0 Å². The molecule has 0 aromatic heterocycles. The number of carbonyl (C=O) groups is 1. The van der Waals surface area contributed by atoms with Crippen molar-refractivity contribution in [3.05, 3.63) is 89.0 Å². The van der Waals surface area contributed by atoms with Gasteiger partial charge in [-0.2, -0.15) is 5.10 Å². The van der Waals surface area contributed by atoms with E-state index in [9.17, 15) is 15.0 Å². The standard InChI is InChI=1S/C22H19N3O3/c26-20-9-8-16(21(27)11-20)12-23-24-22(28)15-6-3-7-19(10-15)25-13-17-4-1-2-5-18(17)14-25/h1-12,26-27H,13-14H2,(H,24,28)/b23-12-. The maximum absolute atomic E-state index is 12.4. The molecule has 1 heterocycles. The lowest BCUT2D eigenvalue weighted by Crippen LogP contribution is -2.19. The summed E-state index contributed by atoms with van der Waals surface area (Å²) in [5.41, 5.74) is 6.93. The normalized spacial score (nSPS) is 12.9. The SMILES string of the molecule is O=C(N/N=C\c1ccc(O)cc1O)c1cccc(N2Cc3ccccc3C2)c1. The van der Waals surface area contributed by atoms with Gasteiger partial charge < -0.3 is 15.1 Å². The van der Waals surface area contributed by atoms with Crippen LogP contribution in [0.25, 0.3) is 0 Å². The van der Waals surface area contributed by atoms with Gasteiger partial charge in [0, 0.05) is 36.0 Å². The number of nitrogens with one attached hydrogen (secondary N) is 1. The lowest BCUT2D eigenvalue weighted by Gasteiger charge is -2.18. The molecule has 0 unspecified atom stereocenters. The van der Waals surface area contributed by atoms with Gasteiger partial charge in [-0.1, -0.05) is 30.3 Å². The first-order chi connectivity index (χ1) is 13.6. The minimum atomic E-state index is -0.340. The van der Waals surface area contributed by atoms with Crippen molar-refractivity contribution < 1.29 is 15.0 Å². The third-order valence-corrected chi connectivity index (χ3v) is 4.70. The summed E-state index contributed by atoms with van der Waals surface area (Å²) < 4.78 is 0. The average Bonchev–Trinajstić information content (AvgIpc) is 3.14. The summed E-state index contributed by atoms with van der Waals surface area (Å²) in [6, 6.07) is 19.9. The van der Waals surface area contributed by atoms with Crippen LogP contribution in [0.4, 0.5) is 5.69 Å². The fourth-order valence-electron chi connectivity index (χ4n) is 3.23. The first-order valence-electron chi connectivity index (χ1n) is 8.87. The second kappa shape index (κ2) is 7.44. The van der Waals surface area contributed by atoms with E-state index < -0.39 is 0 Å². The molecular formula is C22H19N3O3. The third-order valence-electron chi connectivity index (χ3n) is 4.70. The van der Waals surface area contributed by atoms with Crippen molar-refractivity contribution in [2.24, 2.45) is 5.10 Å². The maximum Gasteiger partial charge on any atom is 0.271 e. The van der Waals surface area contributed by atoms with E-state index >= 15 is 0 Å². The van der Waals surface area contributed by atoms with Crippen LogP contribution in [0.1, 0.15) is 27.0 Å². The number of benzene rings is 3. The highest BCUT2D eigenvalue weighted by atomic mass is 16.3. The van der Waals surface area contributed by atoms with E-state index in [1.807, 2.05) is 30.3 Å². The molecule has 0 atom stereocenters. The number of hydrogen-bond acceptors (Lipinski definition) is 5. The minimum Gasteiger partial charge on any atom is -0.508 e. The number of fused-ring (bicyclic) bond motifs is 1. The van der Waals surface area contributed by atoms with E-state index in [2.05, 4.69) is 27.6 Å². The van der Waals surface area contributed by atoms with Crippen LogP contribution in [0.2, 0.25) is 0 Å². The van der Waals surface area contributed by atoms with Crippen LogP contribution in [0.3, 0.4) is 0 Å². The lowest BCUT2D eigenvalue weighted by molar-refractivity contribution is 0.0955. The van der Waals surface area contributed by atoms with Crippen molar-refractivity contribution >= 4 is 17.8 Å². The highest BCUT2D eigenvalue weighted by Gasteiger charge is 2.19. The van der Waals surface area contributed by atoms with Crippen molar-refractivity contribution in [2.45, 2.75) is 13.1 Å². The fourth-order valence-corrected chi connectivity index (χ4v) is 3.23. The number of phenolic OH excluding ortho intramolecular Hbond substituents is 2. The Morgan fingerprint density at radius 1 is 0.964 bits per heavy atom. The Morgan fingerprint density at radius 2 is 1.71 bits per heavy atom. The van der Waals surface area contributed by atoms with Gasteiger partial charge in [-0.05, 0) is 41.5 Å². The largest absolute Gasteiger partial charge is 0.508 e. The molecule has 1 aliphatic heterocycles. The quantitative estimate of drug-likeness (QED) is 0.483. The van der Waals surface area contributed by atoms with Crippen molar-refractivity contribution in [1.82, 2.24) is 5.43 Å². The molecule has 28 heavy (non-hydrogen) atoms. The van der Waals surface area contributed by atoms with Crippen LogP contribution < -0.4 is 10.3 Å².